The molecule has 3 heterocycles. The summed E-state index contributed by atoms with van der Waals surface area (Å²) in [5.74, 6) is -0.0991. The molecular formula is C35H35ClN6O3. The van der Waals surface area contributed by atoms with Crippen LogP contribution >= 0.6 is 11.6 Å². The summed E-state index contributed by atoms with van der Waals surface area (Å²) >= 11 is 6.67. The standard InChI is InChI=1S/C35H35ClN6O3/c1-35(2,3)45-34(44)41-18-10-11-23(21-41)32(43)38-24-12-9-13-25(19-24)39-33-37-20-29(36)31(40-33)28-22-42(26-14-5-4-6-15-26)30-17-8-7-16-27(28)30/h4-9,12-17,19-20,22-23H,10-11,18,21H2,1-3H3,(H,38,43)(H,37,39,40)/t23-/m1/s1. The van der Waals surface area contributed by atoms with Gasteiger partial charge in [0.1, 0.15) is 5.60 Å². The first-order valence-electron chi connectivity index (χ1n) is 15.0. The van der Waals surface area contributed by atoms with Crippen molar-refractivity contribution in [2.45, 2.75) is 39.2 Å². The molecule has 2 N–H and O–H groups in total. The second kappa shape index (κ2) is 12.6. The van der Waals surface area contributed by atoms with Crippen LogP contribution in [0.25, 0.3) is 27.8 Å². The number of rotatable bonds is 6. The summed E-state index contributed by atoms with van der Waals surface area (Å²) < 4.78 is 7.63. The zero-order chi connectivity index (χ0) is 31.6. The number of hydrogen-bond acceptors (Lipinski definition) is 6. The molecule has 0 aliphatic carbocycles. The lowest BCUT2D eigenvalue weighted by Crippen LogP contribution is -2.45. The average molecular weight is 623 g/mol. The smallest absolute Gasteiger partial charge is 0.410 e. The lowest BCUT2D eigenvalue weighted by Gasteiger charge is -2.33. The van der Waals surface area contributed by atoms with Crippen LogP contribution < -0.4 is 10.6 Å². The Hall–Kier alpha value is -4.89. The molecule has 1 aliphatic rings. The molecule has 5 aromatic rings. The summed E-state index contributed by atoms with van der Waals surface area (Å²) in [5.41, 5.74) is 4.31. The first-order chi connectivity index (χ1) is 21.6. The van der Waals surface area contributed by atoms with Crippen molar-refractivity contribution in [1.82, 2.24) is 19.4 Å². The quantitative estimate of drug-likeness (QED) is 0.199. The fourth-order valence-electron chi connectivity index (χ4n) is 5.52. The maximum Gasteiger partial charge on any atom is 0.410 e. The van der Waals surface area contributed by atoms with Crippen molar-refractivity contribution in [2.75, 3.05) is 23.7 Å². The minimum Gasteiger partial charge on any atom is -0.444 e. The van der Waals surface area contributed by atoms with Crippen LogP contribution in [0.4, 0.5) is 22.1 Å². The first-order valence-corrected chi connectivity index (χ1v) is 15.4. The van der Waals surface area contributed by atoms with Crippen LogP contribution in [0.1, 0.15) is 33.6 Å². The van der Waals surface area contributed by atoms with Gasteiger partial charge in [-0.2, -0.15) is 0 Å². The second-order valence-electron chi connectivity index (χ2n) is 12.1. The van der Waals surface area contributed by atoms with Crippen LogP contribution in [-0.2, 0) is 9.53 Å². The highest BCUT2D eigenvalue weighted by Gasteiger charge is 2.31. The molecule has 1 aliphatic heterocycles. The number of anilines is 3. The van der Waals surface area contributed by atoms with E-state index in [9.17, 15) is 9.59 Å². The summed E-state index contributed by atoms with van der Waals surface area (Å²) in [7, 11) is 0. The summed E-state index contributed by atoms with van der Waals surface area (Å²) in [5, 5.41) is 7.72. The van der Waals surface area contributed by atoms with E-state index < -0.39 is 11.7 Å². The van der Waals surface area contributed by atoms with Crippen molar-refractivity contribution in [2.24, 2.45) is 5.92 Å². The zero-order valence-corrected chi connectivity index (χ0v) is 26.2. The number of nitrogens with zero attached hydrogens (tertiary/aromatic N) is 4. The van der Waals surface area contributed by atoms with Gasteiger partial charge in [0.25, 0.3) is 0 Å². The van der Waals surface area contributed by atoms with Crippen LogP contribution in [0.15, 0.2) is 91.3 Å². The molecule has 230 valence electrons. The Morgan fingerprint density at radius 2 is 1.73 bits per heavy atom. The minimum atomic E-state index is -0.588. The molecule has 3 aromatic carbocycles. The average Bonchev–Trinajstić information content (AvgIpc) is 3.41. The molecule has 0 saturated carbocycles. The number of nitrogens with one attached hydrogen (secondary N) is 2. The van der Waals surface area contributed by atoms with Gasteiger partial charge in [-0.15, -0.1) is 0 Å². The number of amides is 2. The SMILES string of the molecule is CC(C)(C)OC(=O)N1CCC[C@@H](C(=O)Nc2cccc(Nc3ncc(Cl)c(-c4cn(-c5ccccc5)c5ccccc45)n3)c2)C1. The number of hydrogen-bond donors (Lipinski definition) is 2. The lowest BCUT2D eigenvalue weighted by molar-refractivity contribution is -0.121. The van der Waals surface area contributed by atoms with Gasteiger partial charge in [0.05, 0.1) is 28.3 Å². The third-order valence-corrected chi connectivity index (χ3v) is 7.85. The van der Waals surface area contributed by atoms with Gasteiger partial charge >= 0.3 is 6.09 Å². The number of likely N-dealkylation sites (tertiary alicyclic amines) is 1. The number of aromatic nitrogens is 3. The van der Waals surface area contributed by atoms with Crippen LogP contribution in [0.3, 0.4) is 0 Å². The number of carbonyl (C=O) groups is 2. The Morgan fingerprint density at radius 3 is 2.53 bits per heavy atom. The molecule has 45 heavy (non-hydrogen) atoms. The third kappa shape index (κ3) is 6.94. The number of para-hydroxylation sites is 2. The highest BCUT2D eigenvalue weighted by molar-refractivity contribution is 6.33. The molecule has 10 heteroatoms. The molecule has 9 nitrogen and oxygen atoms in total. The third-order valence-electron chi connectivity index (χ3n) is 7.58. The summed E-state index contributed by atoms with van der Waals surface area (Å²) in [6.07, 6.45) is 4.68. The van der Waals surface area contributed by atoms with Gasteiger partial charge in [0.15, 0.2) is 0 Å². The Kier molecular flexibility index (Phi) is 8.45. The van der Waals surface area contributed by atoms with Gasteiger partial charge in [-0.3, -0.25) is 4.79 Å². The number of ether oxygens (including phenoxy) is 1. The Balaban J connectivity index is 1.19. The summed E-state index contributed by atoms with van der Waals surface area (Å²) in [4.78, 5) is 36.6. The van der Waals surface area contributed by atoms with E-state index in [0.29, 0.717) is 47.6 Å². The maximum absolute atomic E-state index is 13.2. The molecule has 1 saturated heterocycles. The van der Waals surface area contributed by atoms with Crippen molar-refractivity contribution in [1.29, 1.82) is 0 Å². The molecule has 2 amide bonds. The topological polar surface area (TPSA) is 101 Å². The molecule has 0 spiro atoms. The van der Waals surface area contributed by atoms with Crippen LogP contribution in [0.2, 0.25) is 5.02 Å². The number of fused-ring (bicyclic) bond motifs is 1. The van der Waals surface area contributed by atoms with Gasteiger partial charge in [0, 0.05) is 47.3 Å². The molecule has 1 atom stereocenters. The maximum atomic E-state index is 13.2. The number of piperidine rings is 1. The Morgan fingerprint density at radius 1 is 0.978 bits per heavy atom. The van der Waals surface area contributed by atoms with Crippen molar-refractivity contribution in [3.8, 4) is 16.9 Å². The highest BCUT2D eigenvalue weighted by Crippen LogP contribution is 2.36. The molecule has 1 fully saturated rings. The van der Waals surface area contributed by atoms with Gasteiger partial charge in [0.2, 0.25) is 11.9 Å². The van der Waals surface area contributed by atoms with E-state index in [0.717, 1.165) is 28.6 Å². The first kappa shape index (κ1) is 30.1. The van der Waals surface area contributed by atoms with E-state index in [1.54, 1.807) is 11.1 Å². The molecule has 0 radical (unpaired) electrons. The van der Waals surface area contributed by atoms with Crippen molar-refractivity contribution < 1.29 is 14.3 Å². The van der Waals surface area contributed by atoms with E-state index in [4.69, 9.17) is 21.3 Å². The van der Waals surface area contributed by atoms with Crippen LogP contribution in [-0.4, -0.2) is 50.1 Å². The predicted octanol–water partition coefficient (Wildman–Crippen LogP) is 8.07. The van der Waals surface area contributed by atoms with Gasteiger partial charge < -0.3 is 24.8 Å². The Labute approximate surface area is 267 Å². The number of carbonyl (C=O) groups excluding carboxylic acids is 2. The van der Waals surface area contributed by atoms with Gasteiger partial charge in [-0.25, -0.2) is 14.8 Å². The fourth-order valence-corrected chi connectivity index (χ4v) is 5.71. The molecule has 6 rings (SSSR count). The lowest BCUT2D eigenvalue weighted by atomic mass is 9.97. The van der Waals surface area contributed by atoms with Gasteiger partial charge in [-0.1, -0.05) is 54.1 Å². The number of benzene rings is 3. The summed E-state index contributed by atoms with van der Waals surface area (Å²) in [6.45, 7) is 6.40. The zero-order valence-electron chi connectivity index (χ0n) is 25.5. The van der Waals surface area contributed by atoms with Crippen molar-refractivity contribution >= 4 is 51.8 Å². The van der Waals surface area contributed by atoms with E-state index in [1.165, 1.54) is 0 Å². The molecule has 0 unspecified atom stereocenters. The van der Waals surface area contributed by atoms with Crippen molar-refractivity contribution in [3.63, 3.8) is 0 Å². The van der Waals surface area contributed by atoms with Crippen LogP contribution in [0.5, 0.6) is 0 Å². The Bertz CT molecular complexity index is 1850. The minimum absolute atomic E-state index is 0.139. The number of halogens is 1. The molecule has 2 aromatic heterocycles. The monoisotopic (exact) mass is 622 g/mol. The van der Waals surface area contributed by atoms with E-state index in [2.05, 4.69) is 44.5 Å². The highest BCUT2D eigenvalue weighted by atomic mass is 35.5. The van der Waals surface area contributed by atoms with E-state index in [1.807, 2.05) is 81.6 Å². The van der Waals surface area contributed by atoms with E-state index in [-0.39, 0.29) is 11.8 Å². The normalized spacial score (nSPS) is 15.1. The van der Waals surface area contributed by atoms with Crippen LogP contribution in [0, 0.1) is 5.92 Å². The second-order valence-corrected chi connectivity index (χ2v) is 12.5. The summed E-state index contributed by atoms with van der Waals surface area (Å²) in [6, 6.07) is 25.6. The van der Waals surface area contributed by atoms with Gasteiger partial charge in [-0.05, 0) is 70.0 Å². The van der Waals surface area contributed by atoms with E-state index >= 15 is 0 Å². The fraction of sp³-hybridized carbons (Fsp3) is 0.257. The van der Waals surface area contributed by atoms with Crippen molar-refractivity contribution in [3.05, 3.63) is 96.3 Å². The molecular weight excluding hydrogens is 588 g/mol. The predicted molar refractivity (Wildman–Crippen MR) is 178 cm³/mol. The largest absolute Gasteiger partial charge is 0.444 e. The molecule has 0 bridgehead atoms.